The minimum absolute atomic E-state index is 0.488. The minimum atomic E-state index is 0.488. The summed E-state index contributed by atoms with van der Waals surface area (Å²) in [6.07, 6.45) is 1.75. The summed E-state index contributed by atoms with van der Waals surface area (Å²) in [6.45, 7) is 8.42. The van der Waals surface area contributed by atoms with Gasteiger partial charge in [-0.3, -0.25) is 9.47 Å². The molecule has 1 fully saturated rings. The van der Waals surface area contributed by atoms with Crippen LogP contribution < -0.4 is 5.32 Å². The van der Waals surface area contributed by atoms with Gasteiger partial charge in [-0.05, 0) is 24.6 Å². The summed E-state index contributed by atoms with van der Waals surface area (Å²) >= 11 is 0. The lowest BCUT2D eigenvalue weighted by atomic mass is 10.2. The molecule has 0 unspecified atom stereocenters. The number of aliphatic imine (C=N–C) groups is 1. The van der Waals surface area contributed by atoms with Gasteiger partial charge >= 0.3 is 0 Å². The number of benzene rings is 2. The molecule has 4 rings (SSSR count). The molecule has 2 aromatic carbocycles. The second-order valence-electron chi connectivity index (χ2n) is 7.37. The highest BCUT2D eigenvalue weighted by Crippen LogP contribution is 2.11. The lowest BCUT2D eigenvalue weighted by Gasteiger charge is -2.36. The van der Waals surface area contributed by atoms with Crippen LogP contribution in [0.1, 0.15) is 18.3 Å². The van der Waals surface area contributed by atoms with Crippen LogP contribution in [0.3, 0.4) is 0 Å². The molecule has 1 aliphatic rings. The zero-order valence-electron chi connectivity index (χ0n) is 17.5. The van der Waals surface area contributed by atoms with Crippen LogP contribution in [0.25, 0.3) is 5.69 Å². The first-order valence-electron chi connectivity index (χ1n) is 10.6. The van der Waals surface area contributed by atoms with Gasteiger partial charge in [-0.25, -0.2) is 4.99 Å². The van der Waals surface area contributed by atoms with E-state index in [-0.39, 0.29) is 0 Å². The molecule has 7 heteroatoms. The lowest BCUT2D eigenvalue weighted by Crippen LogP contribution is -2.52. The number of guanidine groups is 1. The first-order chi connectivity index (χ1) is 14.8. The Morgan fingerprint density at radius 1 is 0.967 bits per heavy atom. The molecular weight excluding hydrogens is 374 g/mol. The van der Waals surface area contributed by atoms with Crippen molar-refractivity contribution in [3.8, 4) is 5.69 Å². The smallest absolute Gasteiger partial charge is 0.194 e. The average molecular weight is 404 g/mol. The van der Waals surface area contributed by atoms with E-state index in [0.29, 0.717) is 6.54 Å². The van der Waals surface area contributed by atoms with E-state index in [4.69, 9.17) is 4.99 Å². The number of rotatable bonds is 6. The van der Waals surface area contributed by atoms with E-state index in [0.717, 1.165) is 56.7 Å². The van der Waals surface area contributed by atoms with Gasteiger partial charge in [0.25, 0.3) is 0 Å². The molecule has 1 N–H and O–H groups in total. The molecule has 0 amide bonds. The molecule has 7 nitrogen and oxygen atoms in total. The Kier molecular flexibility index (Phi) is 6.72. The number of nitrogens with zero attached hydrogens (tertiary/aromatic N) is 6. The molecule has 2 heterocycles. The third-order valence-electron chi connectivity index (χ3n) is 5.28. The van der Waals surface area contributed by atoms with Crippen LogP contribution in [-0.2, 0) is 13.1 Å². The number of nitrogens with one attached hydrogen (secondary N) is 1. The quantitative estimate of drug-likeness (QED) is 0.506. The van der Waals surface area contributed by atoms with Crippen molar-refractivity contribution in [1.82, 2.24) is 29.9 Å². The van der Waals surface area contributed by atoms with E-state index in [1.165, 1.54) is 5.56 Å². The molecular formula is C23H29N7. The van der Waals surface area contributed by atoms with Gasteiger partial charge in [0, 0.05) is 45.0 Å². The monoisotopic (exact) mass is 403 g/mol. The fourth-order valence-corrected chi connectivity index (χ4v) is 3.70. The second kappa shape index (κ2) is 10.0. The predicted molar refractivity (Wildman–Crippen MR) is 119 cm³/mol. The summed E-state index contributed by atoms with van der Waals surface area (Å²) < 4.78 is 1.99. The van der Waals surface area contributed by atoms with E-state index in [9.17, 15) is 0 Å². The standard InChI is InChI=1S/C23H29N7/c1-2-24-23(25-17-22-27-26-19-30(22)21-11-7-4-8-12-21)29-15-13-28(14-16-29)18-20-9-5-3-6-10-20/h3-12,19H,2,13-18H2,1H3,(H,24,25). The molecule has 156 valence electrons. The van der Waals surface area contributed by atoms with Gasteiger partial charge in [-0.1, -0.05) is 48.5 Å². The molecule has 3 aromatic rings. The summed E-state index contributed by atoms with van der Waals surface area (Å²) in [5.74, 6) is 1.78. The summed E-state index contributed by atoms with van der Waals surface area (Å²) in [6, 6.07) is 20.8. The third kappa shape index (κ3) is 5.04. The number of aromatic nitrogens is 3. The Morgan fingerprint density at radius 3 is 2.37 bits per heavy atom. The van der Waals surface area contributed by atoms with Crippen LogP contribution in [0, 0.1) is 0 Å². The summed E-state index contributed by atoms with van der Waals surface area (Å²) in [4.78, 5) is 9.71. The number of piperazine rings is 1. The summed E-state index contributed by atoms with van der Waals surface area (Å²) in [5.41, 5.74) is 2.42. The van der Waals surface area contributed by atoms with Crippen LogP contribution in [0.15, 0.2) is 72.0 Å². The fraction of sp³-hybridized carbons (Fsp3) is 0.348. The van der Waals surface area contributed by atoms with Crippen LogP contribution in [0.4, 0.5) is 0 Å². The van der Waals surface area contributed by atoms with Gasteiger partial charge in [0.15, 0.2) is 11.8 Å². The zero-order chi connectivity index (χ0) is 20.6. The summed E-state index contributed by atoms with van der Waals surface area (Å²) in [7, 11) is 0. The van der Waals surface area contributed by atoms with E-state index in [1.807, 2.05) is 34.9 Å². The average Bonchev–Trinajstić information content (AvgIpc) is 3.27. The predicted octanol–water partition coefficient (Wildman–Crippen LogP) is 2.55. The third-order valence-corrected chi connectivity index (χ3v) is 5.28. The van der Waals surface area contributed by atoms with Gasteiger partial charge < -0.3 is 10.2 Å². The van der Waals surface area contributed by atoms with Gasteiger partial charge in [-0.15, -0.1) is 10.2 Å². The molecule has 0 saturated carbocycles. The second-order valence-corrected chi connectivity index (χ2v) is 7.37. The van der Waals surface area contributed by atoms with E-state index in [1.54, 1.807) is 6.33 Å². The summed E-state index contributed by atoms with van der Waals surface area (Å²) in [5, 5.41) is 11.8. The van der Waals surface area contributed by atoms with Crippen molar-refractivity contribution in [3.05, 3.63) is 78.4 Å². The maximum Gasteiger partial charge on any atom is 0.194 e. The largest absolute Gasteiger partial charge is 0.357 e. The highest BCUT2D eigenvalue weighted by Gasteiger charge is 2.20. The maximum atomic E-state index is 4.86. The topological polar surface area (TPSA) is 61.6 Å². The Bertz CT molecular complexity index is 928. The van der Waals surface area contributed by atoms with Crippen LogP contribution in [0.2, 0.25) is 0 Å². The van der Waals surface area contributed by atoms with Crippen molar-refractivity contribution in [3.63, 3.8) is 0 Å². The Balaban J connectivity index is 1.39. The lowest BCUT2D eigenvalue weighted by molar-refractivity contribution is 0.172. The molecule has 0 spiro atoms. The molecule has 0 aliphatic carbocycles. The molecule has 1 aliphatic heterocycles. The molecule has 0 radical (unpaired) electrons. The van der Waals surface area contributed by atoms with Gasteiger partial charge in [0.05, 0.1) is 0 Å². The maximum absolute atomic E-state index is 4.86. The van der Waals surface area contributed by atoms with Crippen molar-refractivity contribution < 1.29 is 0 Å². The highest BCUT2D eigenvalue weighted by molar-refractivity contribution is 5.80. The molecule has 0 atom stereocenters. The zero-order valence-corrected chi connectivity index (χ0v) is 17.5. The molecule has 0 bridgehead atoms. The van der Waals surface area contributed by atoms with Gasteiger partial charge in [-0.2, -0.15) is 0 Å². The van der Waals surface area contributed by atoms with Gasteiger partial charge in [0.1, 0.15) is 12.9 Å². The van der Waals surface area contributed by atoms with E-state index in [2.05, 4.69) is 62.6 Å². The number of hydrogen-bond acceptors (Lipinski definition) is 4. The Labute approximate surface area is 178 Å². The highest BCUT2D eigenvalue weighted by atomic mass is 15.4. The van der Waals surface area contributed by atoms with Gasteiger partial charge in [0.2, 0.25) is 0 Å². The first-order valence-corrected chi connectivity index (χ1v) is 10.6. The first kappa shape index (κ1) is 20.1. The van der Waals surface area contributed by atoms with Crippen molar-refractivity contribution in [2.24, 2.45) is 4.99 Å². The van der Waals surface area contributed by atoms with Crippen molar-refractivity contribution >= 4 is 5.96 Å². The van der Waals surface area contributed by atoms with Crippen molar-refractivity contribution in [2.45, 2.75) is 20.0 Å². The number of hydrogen-bond donors (Lipinski definition) is 1. The molecule has 1 aromatic heterocycles. The van der Waals surface area contributed by atoms with Crippen LogP contribution in [-0.4, -0.2) is 63.2 Å². The van der Waals surface area contributed by atoms with Crippen LogP contribution in [0.5, 0.6) is 0 Å². The minimum Gasteiger partial charge on any atom is -0.357 e. The molecule has 30 heavy (non-hydrogen) atoms. The van der Waals surface area contributed by atoms with E-state index < -0.39 is 0 Å². The normalized spacial score (nSPS) is 15.4. The number of para-hydroxylation sites is 1. The van der Waals surface area contributed by atoms with E-state index >= 15 is 0 Å². The SMILES string of the molecule is CCNC(=NCc1nncn1-c1ccccc1)N1CCN(Cc2ccccc2)CC1. The van der Waals surface area contributed by atoms with Crippen molar-refractivity contribution in [2.75, 3.05) is 32.7 Å². The van der Waals surface area contributed by atoms with Crippen LogP contribution >= 0.6 is 0 Å². The molecule has 1 saturated heterocycles. The Hall–Kier alpha value is -3.19. The Morgan fingerprint density at radius 2 is 1.67 bits per heavy atom. The van der Waals surface area contributed by atoms with Crippen molar-refractivity contribution in [1.29, 1.82) is 0 Å². The fourth-order valence-electron chi connectivity index (χ4n) is 3.70.